The van der Waals surface area contributed by atoms with Crippen molar-refractivity contribution in [3.8, 4) is 6.07 Å². The van der Waals surface area contributed by atoms with Crippen LogP contribution in [0.4, 0.5) is 5.00 Å². The Bertz CT molecular complexity index is 544. The molecule has 1 amide bonds. The zero-order valence-corrected chi connectivity index (χ0v) is 14.4. The number of rotatable bonds is 7. The van der Waals surface area contributed by atoms with Gasteiger partial charge in [-0.05, 0) is 31.2 Å². The first-order valence-electron chi connectivity index (χ1n) is 8.29. The molecule has 126 valence electrons. The van der Waals surface area contributed by atoms with Crippen molar-refractivity contribution in [1.29, 1.82) is 5.26 Å². The maximum atomic E-state index is 12.1. The number of hydrogen-bond acceptors (Lipinski definition) is 5. The molecular weight excluding hydrogens is 310 g/mol. The highest BCUT2D eigenvalue weighted by atomic mass is 32.1. The van der Waals surface area contributed by atoms with Crippen LogP contribution in [0.2, 0.25) is 0 Å². The first-order chi connectivity index (χ1) is 11.1. The van der Waals surface area contributed by atoms with Gasteiger partial charge < -0.3 is 10.4 Å². The van der Waals surface area contributed by atoms with E-state index < -0.39 is 0 Å². The predicted octanol–water partition coefficient (Wildman–Crippen LogP) is 2.96. The summed E-state index contributed by atoms with van der Waals surface area (Å²) >= 11 is 1.37. The summed E-state index contributed by atoms with van der Waals surface area (Å²) in [5, 5.41) is 23.9. The van der Waals surface area contributed by atoms with Gasteiger partial charge in [0, 0.05) is 25.6 Å². The molecule has 1 heterocycles. The van der Waals surface area contributed by atoms with Gasteiger partial charge in [0.2, 0.25) is 5.91 Å². The van der Waals surface area contributed by atoms with E-state index in [1.165, 1.54) is 30.6 Å². The van der Waals surface area contributed by atoms with Gasteiger partial charge in [0.1, 0.15) is 11.1 Å². The van der Waals surface area contributed by atoms with Crippen molar-refractivity contribution in [2.45, 2.75) is 57.6 Å². The number of nitriles is 1. The number of anilines is 1. The van der Waals surface area contributed by atoms with Crippen LogP contribution in [-0.4, -0.2) is 41.1 Å². The second kappa shape index (κ2) is 9.02. The molecule has 23 heavy (non-hydrogen) atoms. The summed E-state index contributed by atoms with van der Waals surface area (Å²) in [6.07, 6.45) is 6.04. The third kappa shape index (κ3) is 5.61. The van der Waals surface area contributed by atoms with Crippen LogP contribution in [0.1, 0.15) is 51.0 Å². The van der Waals surface area contributed by atoms with Gasteiger partial charge in [0.05, 0.1) is 11.7 Å². The third-order valence-corrected chi connectivity index (χ3v) is 5.08. The monoisotopic (exact) mass is 335 g/mol. The highest BCUT2D eigenvalue weighted by molar-refractivity contribution is 7.14. The first kappa shape index (κ1) is 17.9. The minimum Gasteiger partial charge on any atom is -0.392 e. The molecule has 5 nitrogen and oxygen atoms in total. The summed E-state index contributed by atoms with van der Waals surface area (Å²) in [6, 6.07) is 4.26. The van der Waals surface area contributed by atoms with E-state index in [4.69, 9.17) is 5.26 Å². The number of aliphatic hydroxyl groups is 1. The van der Waals surface area contributed by atoms with Crippen LogP contribution in [-0.2, 0) is 4.79 Å². The molecule has 1 saturated carbocycles. The van der Waals surface area contributed by atoms with Gasteiger partial charge in [-0.25, -0.2) is 0 Å². The second-order valence-electron chi connectivity index (χ2n) is 6.21. The summed E-state index contributed by atoms with van der Waals surface area (Å²) in [6.45, 7) is 3.05. The minimum atomic E-state index is -0.387. The summed E-state index contributed by atoms with van der Waals surface area (Å²) < 4.78 is 0. The van der Waals surface area contributed by atoms with E-state index in [1.54, 1.807) is 18.4 Å². The lowest BCUT2D eigenvalue weighted by molar-refractivity contribution is -0.116. The molecule has 0 aliphatic heterocycles. The van der Waals surface area contributed by atoms with Gasteiger partial charge in [0.15, 0.2) is 0 Å². The largest absolute Gasteiger partial charge is 0.392 e. The van der Waals surface area contributed by atoms with Crippen LogP contribution < -0.4 is 5.32 Å². The zero-order valence-electron chi connectivity index (χ0n) is 13.6. The van der Waals surface area contributed by atoms with Crippen molar-refractivity contribution in [3.63, 3.8) is 0 Å². The fourth-order valence-corrected chi connectivity index (χ4v) is 3.89. The summed E-state index contributed by atoms with van der Waals surface area (Å²) in [5.74, 6) is -0.0737. The standard InChI is InChI=1S/C17H25N3O2S/c1-13(21)12-20(15-5-3-2-4-6-15)9-7-16(22)19-17-14(11-18)8-10-23-17/h8,10,13,15,21H,2-7,9,12H2,1H3,(H,19,22). The van der Waals surface area contributed by atoms with Crippen LogP contribution in [0.25, 0.3) is 0 Å². The summed E-state index contributed by atoms with van der Waals surface area (Å²) in [5.41, 5.74) is 0.511. The van der Waals surface area contributed by atoms with Crippen LogP contribution >= 0.6 is 11.3 Å². The van der Waals surface area contributed by atoms with E-state index in [0.717, 1.165) is 12.8 Å². The Morgan fingerprint density at radius 2 is 2.26 bits per heavy atom. The number of thiophene rings is 1. The molecule has 1 aromatic rings. The lowest BCUT2D eigenvalue weighted by Gasteiger charge is -2.35. The molecule has 0 bridgehead atoms. The van der Waals surface area contributed by atoms with E-state index in [-0.39, 0.29) is 12.0 Å². The number of nitrogens with zero attached hydrogens (tertiary/aromatic N) is 2. The minimum absolute atomic E-state index is 0.0737. The van der Waals surface area contributed by atoms with Crippen LogP contribution in [0.3, 0.4) is 0 Å². The second-order valence-corrected chi connectivity index (χ2v) is 7.13. The molecule has 0 spiro atoms. The highest BCUT2D eigenvalue weighted by Gasteiger charge is 2.22. The van der Waals surface area contributed by atoms with Gasteiger partial charge in [-0.15, -0.1) is 11.3 Å². The summed E-state index contributed by atoms with van der Waals surface area (Å²) in [4.78, 5) is 14.4. The lowest BCUT2D eigenvalue weighted by atomic mass is 9.94. The van der Waals surface area contributed by atoms with Crippen molar-refractivity contribution >= 4 is 22.2 Å². The molecule has 1 aromatic heterocycles. The van der Waals surface area contributed by atoms with Gasteiger partial charge in [-0.1, -0.05) is 19.3 Å². The Morgan fingerprint density at radius 3 is 2.91 bits per heavy atom. The van der Waals surface area contributed by atoms with Crippen molar-refractivity contribution in [2.24, 2.45) is 0 Å². The summed E-state index contributed by atoms with van der Waals surface area (Å²) in [7, 11) is 0. The molecule has 1 unspecified atom stereocenters. The fourth-order valence-electron chi connectivity index (χ4n) is 3.14. The third-order valence-electron chi connectivity index (χ3n) is 4.25. The van der Waals surface area contributed by atoms with E-state index in [2.05, 4.69) is 16.3 Å². The Kier molecular flexibility index (Phi) is 7.03. The number of amides is 1. The Labute approximate surface area is 141 Å². The molecule has 1 aliphatic rings. The van der Waals surface area contributed by atoms with Gasteiger partial charge in [-0.3, -0.25) is 9.69 Å². The van der Waals surface area contributed by atoms with Gasteiger partial charge >= 0.3 is 0 Å². The molecule has 0 radical (unpaired) electrons. The Morgan fingerprint density at radius 1 is 1.52 bits per heavy atom. The molecule has 1 fully saturated rings. The predicted molar refractivity (Wildman–Crippen MR) is 92.4 cm³/mol. The van der Waals surface area contributed by atoms with E-state index >= 15 is 0 Å². The van der Waals surface area contributed by atoms with E-state index in [1.807, 2.05) is 0 Å². The smallest absolute Gasteiger partial charge is 0.226 e. The van der Waals surface area contributed by atoms with Gasteiger partial charge in [0.25, 0.3) is 0 Å². The topological polar surface area (TPSA) is 76.4 Å². The lowest BCUT2D eigenvalue weighted by Crippen LogP contribution is -2.42. The normalized spacial score (nSPS) is 17.0. The Hall–Kier alpha value is -1.42. The van der Waals surface area contributed by atoms with Crippen LogP contribution in [0, 0.1) is 11.3 Å². The molecule has 0 aromatic carbocycles. The molecule has 1 atom stereocenters. The van der Waals surface area contributed by atoms with Gasteiger partial charge in [-0.2, -0.15) is 5.26 Å². The van der Waals surface area contributed by atoms with Crippen molar-refractivity contribution < 1.29 is 9.90 Å². The average molecular weight is 335 g/mol. The quantitative estimate of drug-likeness (QED) is 0.803. The van der Waals surface area contributed by atoms with Crippen molar-refractivity contribution in [1.82, 2.24) is 4.90 Å². The average Bonchev–Trinajstić information content (AvgIpc) is 2.99. The van der Waals surface area contributed by atoms with Crippen molar-refractivity contribution in [2.75, 3.05) is 18.4 Å². The molecule has 2 N–H and O–H groups in total. The van der Waals surface area contributed by atoms with Crippen LogP contribution in [0.15, 0.2) is 11.4 Å². The highest BCUT2D eigenvalue weighted by Crippen LogP contribution is 2.24. The molecule has 0 saturated heterocycles. The Balaban J connectivity index is 1.87. The number of nitrogens with one attached hydrogen (secondary N) is 1. The number of hydrogen-bond donors (Lipinski definition) is 2. The number of carbonyl (C=O) groups is 1. The van der Waals surface area contributed by atoms with Crippen LogP contribution in [0.5, 0.6) is 0 Å². The molecule has 1 aliphatic carbocycles. The maximum absolute atomic E-state index is 12.1. The SMILES string of the molecule is CC(O)CN(CCC(=O)Nc1sccc1C#N)C1CCCCC1. The maximum Gasteiger partial charge on any atom is 0.226 e. The molecule has 2 rings (SSSR count). The number of carbonyl (C=O) groups excluding carboxylic acids is 1. The fraction of sp³-hybridized carbons (Fsp3) is 0.647. The number of aliphatic hydroxyl groups excluding tert-OH is 1. The van der Waals surface area contributed by atoms with Crippen molar-refractivity contribution in [3.05, 3.63) is 17.0 Å². The van der Waals surface area contributed by atoms with E-state index in [0.29, 0.717) is 36.1 Å². The molecule has 6 heteroatoms. The zero-order chi connectivity index (χ0) is 16.7. The van der Waals surface area contributed by atoms with E-state index in [9.17, 15) is 9.90 Å². The molecular formula is C17H25N3O2S. The first-order valence-corrected chi connectivity index (χ1v) is 9.17.